The molecule has 0 aromatic heterocycles. The van der Waals surface area contributed by atoms with Gasteiger partial charge in [0.2, 0.25) is 0 Å². The first-order valence-corrected chi connectivity index (χ1v) is 9.12. The number of phenolic OH excluding ortho intramolecular Hbond substituents is 1. The van der Waals surface area contributed by atoms with Crippen molar-refractivity contribution in [2.75, 3.05) is 0 Å². The Kier molecular flexibility index (Phi) is 4.44. The van der Waals surface area contributed by atoms with Crippen LogP contribution in [0.1, 0.15) is 76.8 Å². The molecule has 0 amide bonds. The van der Waals surface area contributed by atoms with Gasteiger partial charge in [0, 0.05) is 11.5 Å². The first-order valence-electron chi connectivity index (χ1n) is 9.12. The van der Waals surface area contributed by atoms with Crippen molar-refractivity contribution in [3.05, 3.63) is 34.9 Å². The summed E-state index contributed by atoms with van der Waals surface area (Å²) < 4.78 is 6.39. The van der Waals surface area contributed by atoms with Crippen molar-refractivity contribution in [2.24, 2.45) is 5.92 Å². The zero-order valence-corrected chi connectivity index (χ0v) is 15.0. The molecule has 2 unspecified atom stereocenters. The van der Waals surface area contributed by atoms with Crippen LogP contribution in [0.4, 0.5) is 0 Å². The number of hydrogen-bond donors (Lipinski definition) is 1. The molecule has 2 heteroatoms. The van der Waals surface area contributed by atoms with E-state index in [1.807, 2.05) is 6.07 Å². The summed E-state index contributed by atoms with van der Waals surface area (Å²) in [6.07, 6.45) is 8.98. The van der Waals surface area contributed by atoms with Crippen molar-refractivity contribution in [1.29, 1.82) is 0 Å². The van der Waals surface area contributed by atoms with E-state index in [4.69, 9.17) is 4.74 Å². The summed E-state index contributed by atoms with van der Waals surface area (Å²) in [5.41, 5.74) is 3.56. The van der Waals surface area contributed by atoms with Crippen molar-refractivity contribution in [1.82, 2.24) is 0 Å². The number of phenols is 1. The lowest BCUT2D eigenvalue weighted by molar-refractivity contribution is 0.00832. The van der Waals surface area contributed by atoms with E-state index in [1.54, 1.807) is 0 Å². The van der Waals surface area contributed by atoms with Crippen LogP contribution in [0.5, 0.6) is 11.5 Å². The van der Waals surface area contributed by atoms with Gasteiger partial charge in [0.15, 0.2) is 0 Å². The van der Waals surface area contributed by atoms with Crippen molar-refractivity contribution in [3.8, 4) is 11.5 Å². The lowest BCUT2D eigenvalue weighted by atomic mass is 9.67. The molecule has 2 atom stereocenters. The van der Waals surface area contributed by atoms with Gasteiger partial charge in [0.1, 0.15) is 17.1 Å². The van der Waals surface area contributed by atoms with Gasteiger partial charge in [0.25, 0.3) is 0 Å². The second-order valence-corrected chi connectivity index (χ2v) is 7.88. The third-order valence-corrected chi connectivity index (χ3v) is 5.67. The van der Waals surface area contributed by atoms with Crippen LogP contribution in [0.2, 0.25) is 0 Å². The minimum absolute atomic E-state index is 0.146. The molecule has 1 aromatic carbocycles. The van der Waals surface area contributed by atoms with Crippen molar-refractivity contribution >= 4 is 0 Å². The third-order valence-electron chi connectivity index (χ3n) is 5.67. The molecule has 2 aliphatic rings. The Balaban J connectivity index is 1.95. The maximum absolute atomic E-state index is 10.5. The highest BCUT2D eigenvalue weighted by Crippen LogP contribution is 2.52. The predicted molar refractivity (Wildman–Crippen MR) is 95.3 cm³/mol. The number of hydrogen-bond acceptors (Lipinski definition) is 2. The molecule has 0 bridgehead atoms. The molecule has 2 nitrogen and oxygen atoms in total. The van der Waals surface area contributed by atoms with Gasteiger partial charge in [0.05, 0.1) is 0 Å². The van der Waals surface area contributed by atoms with Gasteiger partial charge in [-0.05, 0) is 70.1 Å². The Hall–Kier alpha value is -1.44. The van der Waals surface area contributed by atoms with Gasteiger partial charge in [-0.3, -0.25) is 0 Å². The van der Waals surface area contributed by atoms with Crippen molar-refractivity contribution < 1.29 is 9.84 Å². The lowest BCUT2D eigenvalue weighted by Crippen LogP contribution is -2.45. The van der Waals surface area contributed by atoms with Crippen LogP contribution in [0.15, 0.2) is 23.8 Å². The highest BCUT2D eigenvalue weighted by molar-refractivity contribution is 5.50. The smallest absolute Gasteiger partial charge is 0.124 e. The molecule has 1 N–H and O–H groups in total. The molecule has 126 valence electrons. The number of allylic oxidation sites excluding steroid dienone is 2. The molecule has 0 saturated carbocycles. The summed E-state index contributed by atoms with van der Waals surface area (Å²) >= 11 is 0. The summed E-state index contributed by atoms with van der Waals surface area (Å²) in [4.78, 5) is 0. The molecule has 1 aromatic rings. The van der Waals surface area contributed by atoms with E-state index in [0.717, 1.165) is 37.0 Å². The van der Waals surface area contributed by atoms with Crippen LogP contribution in [0.25, 0.3) is 0 Å². The summed E-state index contributed by atoms with van der Waals surface area (Å²) in [6, 6.07) is 4.09. The van der Waals surface area contributed by atoms with Gasteiger partial charge in [-0.1, -0.05) is 31.4 Å². The summed E-state index contributed by atoms with van der Waals surface area (Å²) in [5.74, 6) is 2.41. The van der Waals surface area contributed by atoms with Crippen molar-refractivity contribution in [3.63, 3.8) is 0 Å². The van der Waals surface area contributed by atoms with E-state index in [9.17, 15) is 5.11 Å². The highest BCUT2D eigenvalue weighted by atomic mass is 16.5. The summed E-state index contributed by atoms with van der Waals surface area (Å²) in [6.45, 7) is 8.85. The van der Waals surface area contributed by atoms with Gasteiger partial charge in [-0.2, -0.15) is 0 Å². The second-order valence-electron chi connectivity index (χ2n) is 7.88. The average Bonchev–Trinajstić information content (AvgIpc) is 2.48. The van der Waals surface area contributed by atoms with E-state index in [1.165, 1.54) is 24.0 Å². The van der Waals surface area contributed by atoms with Crippen LogP contribution in [-0.2, 0) is 6.42 Å². The number of aryl methyl sites for hydroxylation is 1. The largest absolute Gasteiger partial charge is 0.508 e. The number of fused-ring (bicyclic) bond motifs is 3. The lowest BCUT2D eigenvalue weighted by Gasteiger charge is -2.47. The molecular weight excluding hydrogens is 284 g/mol. The Bertz CT molecular complexity index is 613. The monoisotopic (exact) mass is 314 g/mol. The molecule has 3 rings (SSSR count). The summed E-state index contributed by atoms with van der Waals surface area (Å²) in [5, 5.41) is 10.5. The average molecular weight is 314 g/mol. The van der Waals surface area contributed by atoms with Gasteiger partial charge < -0.3 is 9.84 Å². The fourth-order valence-corrected chi connectivity index (χ4v) is 4.29. The Labute approximate surface area is 140 Å². The third kappa shape index (κ3) is 3.13. The van der Waals surface area contributed by atoms with Gasteiger partial charge >= 0.3 is 0 Å². The zero-order chi connectivity index (χ0) is 16.6. The SMILES string of the molecule is CCCCCc1cc2c(cc1O)C1CC(C)=CCC1C(C)(C)O2. The maximum atomic E-state index is 10.5. The molecule has 1 heterocycles. The maximum Gasteiger partial charge on any atom is 0.124 e. The topological polar surface area (TPSA) is 29.5 Å². The van der Waals surface area contributed by atoms with E-state index in [2.05, 4.69) is 39.8 Å². The minimum atomic E-state index is -0.146. The van der Waals surface area contributed by atoms with Crippen LogP contribution in [0, 0.1) is 5.92 Å². The standard InChI is InChI=1S/C21H30O2/c1-5-6-7-8-15-12-20-17(13-19(15)22)16-11-14(2)9-10-18(16)21(3,4)23-20/h9,12-13,16,18,22H,5-8,10-11H2,1-4H3. The molecule has 0 radical (unpaired) electrons. The normalized spacial score (nSPS) is 25.1. The molecule has 0 fully saturated rings. The van der Waals surface area contributed by atoms with Crippen LogP contribution < -0.4 is 4.74 Å². The van der Waals surface area contributed by atoms with Crippen molar-refractivity contribution in [2.45, 2.75) is 77.7 Å². The molecule has 0 saturated heterocycles. The first kappa shape index (κ1) is 16.4. The minimum Gasteiger partial charge on any atom is -0.508 e. The fourth-order valence-electron chi connectivity index (χ4n) is 4.29. The highest BCUT2D eigenvalue weighted by Gasteiger charge is 2.44. The summed E-state index contributed by atoms with van der Waals surface area (Å²) in [7, 11) is 0. The van der Waals surface area contributed by atoms with E-state index < -0.39 is 0 Å². The number of rotatable bonds is 4. The molecule has 1 aliphatic heterocycles. The fraction of sp³-hybridized carbons (Fsp3) is 0.619. The Morgan fingerprint density at radius 1 is 1.26 bits per heavy atom. The van der Waals surface area contributed by atoms with E-state index in [0.29, 0.717) is 17.6 Å². The van der Waals surface area contributed by atoms with Gasteiger partial charge in [-0.15, -0.1) is 0 Å². The number of ether oxygens (including phenoxy) is 1. The van der Waals surface area contributed by atoms with Gasteiger partial charge in [-0.25, -0.2) is 0 Å². The number of unbranched alkanes of at least 4 members (excludes halogenated alkanes) is 2. The number of benzene rings is 1. The van der Waals surface area contributed by atoms with E-state index in [-0.39, 0.29) is 5.60 Å². The molecule has 1 aliphatic carbocycles. The van der Waals surface area contributed by atoms with Crippen LogP contribution in [-0.4, -0.2) is 10.7 Å². The molecule has 0 spiro atoms. The Morgan fingerprint density at radius 3 is 2.78 bits per heavy atom. The molecular formula is C21H30O2. The van der Waals surface area contributed by atoms with E-state index >= 15 is 0 Å². The van der Waals surface area contributed by atoms with Crippen LogP contribution in [0.3, 0.4) is 0 Å². The Morgan fingerprint density at radius 2 is 2.04 bits per heavy atom. The second kappa shape index (κ2) is 6.22. The quantitative estimate of drug-likeness (QED) is 0.567. The predicted octanol–water partition coefficient (Wildman–Crippen LogP) is 5.74. The first-order chi connectivity index (χ1) is 10.9. The van der Waals surface area contributed by atoms with Crippen LogP contribution >= 0.6 is 0 Å². The molecule has 23 heavy (non-hydrogen) atoms. The number of aromatic hydroxyl groups is 1. The zero-order valence-electron chi connectivity index (χ0n) is 15.0.